The number of fused-ring (bicyclic) bond motifs is 1. The molecule has 3 aromatic rings. The third-order valence-electron chi connectivity index (χ3n) is 5.15. The Labute approximate surface area is 151 Å². The summed E-state index contributed by atoms with van der Waals surface area (Å²) in [6.07, 6.45) is 5.77. The van der Waals surface area contributed by atoms with E-state index in [1.165, 1.54) is 6.07 Å². The minimum atomic E-state index is -0.340. The quantitative estimate of drug-likeness (QED) is 0.757. The summed E-state index contributed by atoms with van der Waals surface area (Å²) in [4.78, 5) is 22.1. The zero-order valence-corrected chi connectivity index (χ0v) is 14.9. The summed E-state index contributed by atoms with van der Waals surface area (Å²) in [5, 5.41) is 3.21. The zero-order valence-electron chi connectivity index (χ0n) is 14.9. The number of halogens is 1. The van der Waals surface area contributed by atoms with Crippen molar-refractivity contribution in [3.63, 3.8) is 0 Å². The van der Waals surface area contributed by atoms with Crippen LogP contribution in [0.15, 0.2) is 30.7 Å². The van der Waals surface area contributed by atoms with Crippen molar-refractivity contribution in [1.82, 2.24) is 19.4 Å². The van der Waals surface area contributed by atoms with Crippen LogP contribution in [0.3, 0.4) is 0 Å². The molecule has 6 nitrogen and oxygen atoms in total. The molecule has 0 bridgehead atoms. The smallest absolute Gasteiger partial charge is 0.273 e. The number of anilines is 1. The monoisotopic (exact) mass is 355 g/mol. The molecule has 1 fully saturated rings. The van der Waals surface area contributed by atoms with E-state index >= 15 is 0 Å². The van der Waals surface area contributed by atoms with E-state index in [1.807, 2.05) is 13.1 Å². The van der Waals surface area contributed by atoms with Gasteiger partial charge in [0.2, 0.25) is 0 Å². The molecule has 1 aromatic carbocycles. The molecule has 0 spiro atoms. The maximum Gasteiger partial charge on any atom is 0.273 e. The van der Waals surface area contributed by atoms with Crippen LogP contribution in [0.5, 0.6) is 0 Å². The average molecular weight is 355 g/mol. The average Bonchev–Trinajstić information content (AvgIpc) is 3.27. The molecule has 0 atom stereocenters. The Morgan fingerprint density at radius 1 is 1.35 bits per heavy atom. The molecule has 136 valence electrons. The van der Waals surface area contributed by atoms with Gasteiger partial charge in [0.25, 0.3) is 5.91 Å². The molecule has 1 amide bonds. The van der Waals surface area contributed by atoms with Crippen LogP contribution in [0, 0.1) is 12.7 Å². The van der Waals surface area contributed by atoms with Crippen molar-refractivity contribution in [3.05, 3.63) is 47.8 Å². The molecule has 26 heavy (non-hydrogen) atoms. The lowest BCUT2D eigenvalue weighted by atomic mass is 10.1. The van der Waals surface area contributed by atoms with Gasteiger partial charge in [-0.15, -0.1) is 0 Å². The van der Waals surface area contributed by atoms with Crippen molar-refractivity contribution >= 4 is 22.6 Å². The van der Waals surface area contributed by atoms with Gasteiger partial charge in [-0.25, -0.2) is 9.37 Å². The summed E-state index contributed by atoms with van der Waals surface area (Å²) in [5.41, 5.74) is 1.86. The summed E-state index contributed by atoms with van der Waals surface area (Å²) >= 11 is 0. The number of aryl methyl sites for hydroxylation is 1. The molecular weight excluding hydrogens is 333 g/mol. The number of aromatic nitrogens is 3. The lowest BCUT2D eigenvalue weighted by molar-refractivity contribution is 0.102. The SMILES string of the molecule is Cc1ccc(F)c2cc(C(=O)Nc3cn(C4CCN(C)CC4)cn3)[nH]c12. The van der Waals surface area contributed by atoms with E-state index in [9.17, 15) is 9.18 Å². The van der Waals surface area contributed by atoms with Crippen molar-refractivity contribution < 1.29 is 9.18 Å². The number of imidazole rings is 1. The van der Waals surface area contributed by atoms with Gasteiger partial charge in [-0.2, -0.15) is 0 Å². The number of benzene rings is 1. The van der Waals surface area contributed by atoms with Crippen LogP contribution in [0.25, 0.3) is 10.9 Å². The minimum absolute atomic E-state index is 0.321. The highest BCUT2D eigenvalue weighted by molar-refractivity contribution is 6.05. The molecule has 2 aromatic heterocycles. The van der Waals surface area contributed by atoms with Crippen molar-refractivity contribution in [2.24, 2.45) is 0 Å². The second-order valence-electron chi connectivity index (χ2n) is 7.03. The molecule has 0 radical (unpaired) electrons. The van der Waals surface area contributed by atoms with Gasteiger partial charge in [0.15, 0.2) is 5.82 Å². The van der Waals surface area contributed by atoms with Crippen LogP contribution < -0.4 is 5.32 Å². The van der Waals surface area contributed by atoms with Gasteiger partial charge in [-0.1, -0.05) is 6.07 Å². The molecule has 7 heteroatoms. The molecule has 0 saturated carbocycles. The Bertz CT molecular complexity index is 913. The van der Waals surface area contributed by atoms with Gasteiger partial charge >= 0.3 is 0 Å². The topological polar surface area (TPSA) is 66.0 Å². The van der Waals surface area contributed by atoms with Crippen LogP contribution in [0.2, 0.25) is 0 Å². The molecule has 0 aliphatic carbocycles. The third-order valence-corrected chi connectivity index (χ3v) is 5.15. The summed E-state index contributed by atoms with van der Waals surface area (Å²) in [5.74, 6) is -0.161. The number of piperidine rings is 1. The van der Waals surface area contributed by atoms with Gasteiger partial charge in [0, 0.05) is 17.6 Å². The second kappa shape index (κ2) is 6.57. The first kappa shape index (κ1) is 16.8. The number of H-pyrrole nitrogens is 1. The van der Waals surface area contributed by atoms with Crippen LogP contribution in [-0.2, 0) is 0 Å². The Balaban J connectivity index is 1.50. The largest absolute Gasteiger partial charge is 0.350 e. The van der Waals surface area contributed by atoms with Gasteiger partial charge in [0.05, 0.1) is 11.8 Å². The van der Waals surface area contributed by atoms with Gasteiger partial charge in [0.1, 0.15) is 11.5 Å². The Kier molecular flexibility index (Phi) is 4.24. The lowest BCUT2D eigenvalue weighted by Crippen LogP contribution is -2.31. The first-order valence-corrected chi connectivity index (χ1v) is 8.82. The van der Waals surface area contributed by atoms with Crippen molar-refractivity contribution in [3.8, 4) is 0 Å². The number of hydrogen-bond acceptors (Lipinski definition) is 3. The number of nitrogens with zero attached hydrogens (tertiary/aromatic N) is 3. The molecule has 0 unspecified atom stereocenters. The molecule has 1 aliphatic heterocycles. The minimum Gasteiger partial charge on any atom is -0.350 e. The molecule has 3 heterocycles. The predicted octanol–water partition coefficient (Wildman–Crippen LogP) is 3.33. The fraction of sp³-hybridized carbons (Fsp3) is 0.368. The summed E-state index contributed by atoms with van der Waals surface area (Å²) in [7, 11) is 2.13. The number of hydrogen-bond donors (Lipinski definition) is 2. The first-order valence-electron chi connectivity index (χ1n) is 8.82. The Morgan fingerprint density at radius 3 is 2.85 bits per heavy atom. The van der Waals surface area contributed by atoms with E-state index in [-0.39, 0.29) is 11.7 Å². The fourth-order valence-corrected chi connectivity index (χ4v) is 3.53. The zero-order chi connectivity index (χ0) is 18.3. The van der Waals surface area contributed by atoms with Crippen LogP contribution in [0.4, 0.5) is 10.2 Å². The van der Waals surface area contributed by atoms with E-state index < -0.39 is 0 Å². The molecule has 1 saturated heterocycles. The molecule has 2 N–H and O–H groups in total. The lowest BCUT2D eigenvalue weighted by Gasteiger charge is -2.29. The number of carbonyl (C=O) groups is 1. The van der Waals surface area contributed by atoms with Crippen LogP contribution >= 0.6 is 0 Å². The summed E-state index contributed by atoms with van der Waals surface area (Å²) in [6, 6.07) is 5.06. The maximum atomic E-state index is 13.9. The number of aromatic amines is 1. The normalized spacial score (nSPS) is 16.3. The van der Waals surface area contributed by atoms with E-state index in [4.69, 9.17) is 0 Å². The van der Waals surface area contributed by atoms with Gasteiger partial charge in [-0.3, -0.25) is 4.79 Å². The number of carbonyl (C=O) groups excluding carboxylic acids is 1. The molecule has 1 aliphatic rings. The standard InChI is InChI=1S/C19H22FN5O/c1-12-3-4-15(20)14-9-16(22-18(12)14)19(26)23-17-10-25(11-21-17)13-5-7-24(2)8-6-13/h3-4,9-11,13,22H,5-8H2,1-2H3,(H,23,26). The number of amides is 1. The van der Waals surface area contributed by atoms with Gasteiger partial charge < -0.3 is 19.8 Å². The number of nitrogens with one attached hydrogen (secondary N) is 2. The highest BCUT2D eigenvalue weighted by Gasteiger charge is 2.19. The van der Waals surface area contributed by atoms with E-state index in [1.54, 1.807) is 18.5 Å². The van der Waals surface area contributed by atoms with Crippen molar-refractivity contribution in [2.75, 3.05) is 25.5 Å². The summed E-state index contributed by atoms with van der Waals surface area (Å²) in [6.45, 7) is 4.00. The Morgan fingerprint density at radius 2 is 2.12 bits per heavy atom. The van der Waals surface area contributed by atoms with Crippen LogP contribution in [-0.4, -0.2) is 45.5 Å². The van der Waals surface area contributed by atoms with Crippen molar-refractivity contribution in [1.29, 1.82) is 0 Å². The Hall–Kier alpha value is -2.67. The number of likely N-dealkylation sites (tertiary alicyclic amines) is 1. The first-order chi connectivity index (χ1) is 12.5. The highest BCUT2D eigenvalue weighted by Crippen LogP contribution is 2.24. The third kappa shape index (κ3) is 3.10. The number of rotatable bonds is 3. The predicted molar refractivity (Wildman–Crippen MR) is 98.9 cm³/mol. The maximum absolute atomic E-state index is 13.9. The van der Waals surface area contributed by atoms with E-state index in [0.717, 1.165) is 31.5 Å². The van der Waals surface area contributed by atoms with E-state index in [2.05, 4.69) is 31.8 Å². The molecular formula is C19H22FN5O. The highest BCUT2D eigenvalue weighted by atomic mass is 19.1. The second-order valence-corrected chi connectivity index (χ2v) is 7.03. The van der Waals surface area contributed by atoms with Crippen molar-refractivity contribution in [2.45, 2.75) is 25.8 Å². The fourth-order valence-electron chi connectivity index (χ4n) is 3.53. The summed E-state index contributed by atoms with van der Waals surface area (Å²) < 4.78 is 16.0. The van der Waals surface area contributed by atoms with Gasteiger partial charge in [-0.05, 0) is 57.6 Å². The molecule has 4 rings (SSSR count). The van der Waals surface area contributed by atoms with Crippen LogP contribution in [0.1, 0.15) is 34.9 Å². The van der Waals surface area contributed by atoms with E-state index in [0.29, 0.717) is 28.5 Å².